The van der Waals surface area contributed by atoms with Crippen molar-refractivity contribution >= 4 is 23.0 Å². The summed E-state index contributed by atoms with van der Waals surface area (Å²) in [4.78, 5) is 8.20. The molecule has 1 rings (SSSR count). The number of aliphatic imine (C=N–C) groups is 2. The maximum absolute atomic E-state index is 5.74. The summed E-state index contributed by atoms with van der Waals surface area (Å²) in [6.07, 6.45) is 5.05. The minimum atomic E-state index is 0.644. The smallest absolute Gasteiger partial charge is 0.106 e. The van der Waals surface area contributed by atoms with Crippen molar-refractivity contribution in [3.8, 4) is 0 Å². The van der Waals surface area contributed by atoms with Crippen molar-refractivity contribution in [2.75, 3.05) is 0 Å². The van der Waals surface area contributed by atoms with Gasteiger partial charge in [0.1, 0.15) is 5.17 Å². The summed E-state index contributed by atoms with van der Waals surface area (Å²) in [6, 6.07) is 0. The number of rotatable bonds is 3. The molecule has 14 heavy (non-hydrogen) atoms. The largest absolute Gasteiger partial charge is 0.257 e. The molecule has 0 aliphatic carbocycles. The van der Waals surface area contributed by atoms with Gasteiger partial charge in [0.2, 0.25) is 0 Å². The molecule has 74 valence electrons. The van der Waals surface area contributed by atoms with E-state index in [1.165, 1.54) is 0 Å². The van der Waals surface area contributed by atoms with Crippen LogP contribution in [0.5, 0.6) is 0 Å². The summed E-state index contributed by atoms with van der Waals surface area (Å²) >= 11 is 5.74. The maximum atomic E-state index is 5.74. The highest BCUT2D eigenvalue weighted by atomic mass is 35.5. The third-order valence-electron chi connectivity index (χ3n) is 1.77. The van der Waals surface area contributed by atoms with Gasteiger partial charge in [-0.05, 0) is 24.5 Å². The minimum Gasteiger partial charge on any atom is -0.257 e. The average molecular weight is 209 g/mol. The van der Waals surface area contributed by atoms with Crippen molar-refractivity contribution in [1.29, 1.82) is 0 Å². The van der Waals surface area contributed by atoms with Crippen molar-refractivity contribution in [3.63, 3.8) is 0 Å². The highest BCUT2D eigenvalue weighted by Crippen LogP contribution is 2.21. The lowest BCUT2D eigenvalue weighted by Crippen LogP contribution is -1.97. The maximum Gasteiger partial charge on any atom is 0.106 e. The Hall–Kier alpha value is -1.15. The molecule has 1 aliphatic heterocycles. The molecule has 3 heteroatoms. The molecule has 0 radical (unpaired) electrons. The fourth-order valence-electron chi connectivity index (χ4n) is 1.00. The van der Waals surface area contributed by atoms with Gasteiger partial charge >= 0.3 is 0 Å². The van der Waals surface area contributed by atoms with Crippen LogP contribution >= 0.6 is 11.6 Å². The molecule has 0 atom stereocenters. The molecule has 0 aromatic carbocycles. The molecule has 0 unspecified atom stereocenters. The first kappa shape index (κ1) is 10.9. The molecular formula is C11H13ClN2. The van der Waals surface area contributed by atoms with Crippen molar-refractivity contribution in [2.45, 2.75) is 19.8 Å². The summed E-state index contributed by atoms with van der Waals surface area (Å²) in [7, 11) is 0. The minimum absolute atomic E-state index is 0.644. The molecule has 0 amide bonds. The van der Waals surface area contributed by atoms with Crippen LogP contribution in [0.2, 0.25) is 0 Å². The number of allylic oxidation sites excluding steroid dienone is 2. The van der Waals surface area contributed by atoms with E-state index < -0.39 is 0 Å². The Labute approximate surface area is 89.4 Å². The monoisotopic (exact) mass is 208 g/mol. The first-order valence-corrected chi connectivity index (χ1v) is 4.77. The molecule has 1 aliphatic rings. The predicted octanol–water partition coefficient (Wildman–Crippen LogP) is 3.46. The zero-order chi connectivity index (χ0) is 10.6. The van der Waals surface area contributed by atoms with E-state index >= 15 is 0 Å². The normalized spacial score (nSPS) is 16.4. The third-order valence-corrected chi connectivity index (χ3v) is 2.06. The average Bonchev–Trinajstić information content (AvgIpc) is 2.15. The van der Waals surface area contributed by atoms with Crippen LogP contribution in [-0.2, 0) is 0 Å². The molecule has 2 nitrogen and oxygen atoms in total. The first-order chi connectivity index (χ1) is 6.59. The predicted molar refractivity (Wildman–Crippen MR) is 63.1 cm³/mol. The van der Waals surface area contributed by atoms with E-state index in [-0.39, 0.29) is 0 Å². The van der Waals surface area contributed by atoms with Gasteiger partial charge in [0.05, 0.1) is 5.70 Å². The van der Waals surface area contributed by atoms with Crippen LogP contribution in [0.4, 0.5) is 0 Å². The van der Waals surface area contributed by atoms with E-state index in [2.05, 4.69) is 23.1 Å². The highest BCUT2D eigenvalue weighted by Gasteiger charge is 2.07. The van der Waals surface area contributed by atoms with E-state index in [0.29, 0.717) is 5.17 Å². The molecule has 0 aromatic rings. The van der Waals surface area contributed by atoms with E-state index in [0.717, 1.165) is 29.7 Å². The number of hydrogen-bond acceptors (Lipinski definition) is 2. The second-order valence-electron chi connectivity index (χ2n) is 3.21. The van der Waals surface area contributed by atoms with Gasteiger partial charge in [-0.3, -0.25) is 4.99 Å². The van der Waals surface area contributed by atoms with Crippen LogP contribution in [0.1, 0.15) is 19.8 Å². The van der Waals surface area contributed by atoms with Gasteiger partial charge in [-0.1, -0.05) is 24.8 Å². The van der Waals surface area contributed by atoms with Crippen molar-refractivity contribution in [3.05, 3.63) is 36.2 Å². The molecule has 0 N–H and O–H groups in total. The van der Waals surface area contributed by atoms with Crippen LogP contribution in [0.15, 0.2) is 46.2 Å². The lowest BCUT2D eigenvalue weighted by Gasteiger charge is -2.09. The van der Waals surface area contributed by atoms with E-state index in [1.807, 2.05) is 6.92 Å². The summed E-state index contributed by atoms with van der Waals surface area (Å²) in [6.45, 7) is 9.47. The number of halogens is 1. The molecular weight excluding hydrogens is 196 g/mol. The van der Waals surface area contributed by atoms with Gasteiger partial charge in [-0.2, -0.15) is 0 Å². The summed E-state index contributed by atoms with van der Waals surface area (Å²) in [5, 5.41) is 0.644. The quantitative estimate of drug-likeness (QED) is 0.635. The van der Waals surface area contributed by atoms with Gasteiger partial charge < -0.3 is 0 Å². The topological polar surface area (TPSA) is 24.7 Å². The molecule has 0 fully saturated rings. The van der Waals surface area contributed by atoms with Gasteiger partial charge in [0.25, 0.3) is 0 Å². The molecule has 0 spiro atoms. The van der Waals surface area contributed by atoms with E-state index in [1.54, 1.807) is 12.4 Å². The summed E-state index contributed by atoms with van der Waals surface area (Å²) in [5.74, 6) is 0. The summed E-state index contributed by atoms with van der Waals surface area (Å²) < 4.78 is 0. The Kier molecular flexibility index (Phi) is 3.84. The molecule has 1 heterocycles. The summed E-state index contributed by atoms with van der Waals surface area (Å²) in [5.41, 5.74) is 2.68. The van der Waals surface area contributed by atoms with Crippen LogP contribution in [0, 0.1) is 0 Å². The Bertz CT molecular complexity index is 348. The van der Waals surface area contributed by atoms with Gasteiger partial charge in [0, 0.05) is 18.8 Å². The second-order valence-corrected chi connectivity index (χ2v) is 3.65. The highest BCUT2D eigenvalue weighted by molar-refractivity contribution is 6.65. The Balaban J connectivity index is 2.67. The second kappa shape index (κ2) is 4.91. The first-order valence-electron chi connectivity index (χ1n) is 4.39. The third kappa shape index (κ3) is 3.30. The molecule has 0 saturated carbocycles. The number of nitrogens with zero attached hydrogens (tertiary/aromatic N) is 2. The van der Waals surface area contributed by atoms with Gasteiger partial charge in [-0.15, -0.1) is 0 Å². The molecule has 0 bridgehead atoms. The fraction of sp³-hybridized carbons (Fsp3) is 0.273. The molecule has 0 aromatic heterocycles. The van der Waals surface area contributed by atoms with E-state index in [9.17, 15) is 0 Å². The van der Waals surface area contributed by atoms with Crippen molar-refractivity contribution in [2.24, 2.45) is 9.98 Å². The van der Waals surface area contributed by atoms with Gasteiger partial charge in [-0.25, -0.2) is 4.99 Å². The lowest BCUT2D eigenvalue weighted by molar-refractivity contribution is 0.991. The Morgan fingerprint density at radius 1 is 1.57 bits per heavy atom. The lowest BCUT2D eigenvalue weighted by atomic mass is 10.1. The van der Waals surface area contributed by atoms with Gasteiger partial charge in [0.15, 0.2) is 0 Å². The van der Waals surface area contributed by atoms with Crippen LogP contribution in [0.3, 0.4) is 0 Å². The van der Waals surface area contributed by atoms with Crippen LogP contribution in [-0.4, -0.2) is 11.4 Å². The SMILES string of the molecule is C=C(C)C=NC(=C)C1=CN=C(Cl)CC1. The zero-order valence-corrected chi connectivity index (χ0v) is 9.01. The van der Waals surface area contributed by atoms with Crippen molar-refractivity contribution < 1.29 is 0 Å². The zero-order valence-electron chi connectivity index (χ0n) is 8.26. The van der Waals surface area contributed by atoms with Crippen LogP contribution < -0.4 is 0 Å². The van der Waals surface area contributed by atoms with Crippen LogP contribution in [0.25, 0.3) is 0 Å². The Morgan fingerprint density at radius 3 is 2.79 bits per heavy atom. The van der Waals surface area contributed by atoms with Crippen molar-refractivity contribution in [1.82, 2.24) is 0 Å². The molecule has 0 saturated heterocycles. The Morgan fingerprint density at radius 2 is 2.29 bits per heavy atom. The standard InChI is InChI=1S/C11H13ClN2/c1-8(2)6-13-9(3)10-4-5-11(12)14-7-10/h6-7H,1,3-5H2,2H3. The fourth-order valence-corrected chi connectivity index (χ4v) is 1.15. The number of hydrogen-bond donors (Lipinski definition) is 0. The van der Waals surface area contributed by atoms with E-state index in [4.69, 9.17) is 11.6 Å².